The lowest BCUT2D eigenvalue weighted by atomic mass is 10.1. The summed E-state index contributed by atoms with van der Waals surface area (Å²) in [5.41, 5.74) is 4.91. The van der Waals surface area contributed by atoms with Gasteiger partial charge in [-0.05, 0) is 12.3 Å². The van der Waals surface area contributed by atoms with E-state index in [0.29, 0.717) is 12.5 Å². The van der Waals surface area contributed by atoms with Gasteiger partial charge in [0.2, 0.25) is 11.5 Å². The van der Waals surface area contributed by atoms with E-state index < -0.39 is 0 Å². The summed E-state index contributed by atoms with van der Waals surface area (Å²) in [6.07, 6.45) is 0.832. The molecule has 0 saturated carbocycles. The third-order valence-electron chi connectivity index (χ3n) is 1.40. The van der Waals surface area contributed by atoms with Crippen LogP contribution in [0, 0.1) is 17.2 Å². The van der Waals surface area contributed by atoms with Gasteiger partial charge in [-0.15, -0.1) is 0 Å². The molecule has 0 rings (SSSR count). The highest BCUT2D eigenvalue weighted by atomic mass is 16.6. The highest BCUT2D eigenvalue weighted by Crippen LogP contribution is 1.98. The van der Waals surface area contributed by atoms with Crippen molar-refractivity contribution in [1.82, 2.24) is 0 Å². The largest absolute Gasteiger partial charge is 0.409 e. The standard InChI is InChI=1S/C8H14N4O2/c1-6(2)3-4-14-12-7(5-9)8(10)11-13/h6,13H,3-4H2,1-2H3,(H2,10,11). The van der Waals surface area contributed by atoms with E-state index in [1.54, 1.807) is 6.07 Å². The molecule has 0 aromatic carbocycles. The van der Waals surface area contributed by atoms with Crippen LogP contribution in [0.2, 0.25) is 0 Å². The van der Waals surface area contributed by atoms with Crippen LogP contribution < -0.4 is 5.73 Å². The van der Waals surface area contributed by atoms with Gasteiger partial charge in [-0.3, -0.25) is 0 Å². The van der Waals surface area contributed by atoms with Crippen LogP contribution in [0.5, 0.6) is 0 Å². The van der Waals surface area contributed by atoms with Gasteiger partial charge in [0, 0.05) is 0 Å². The minimum atomic E-state index is -0.350. The lowest BCUT2D eigenvalue weighted by molar-refractivity contribution is 0.133. The molecule has 0 heterocycles. The van der Waals surface area contributed by atoms with Crippen molar-refractivity contribution in [3.63, 3.8) is 0 Å². The van der Waals surface area contributed by atoms with Crippen LogP contribution in [0.3, 0.4) is 0 Å². The smallest absolute Gasteiger partial charge is 0.224 e. The van der Waals surface area contributed by atoms with E-state index in [4.69, 9.17) is 21.0 Å². The first-order chi connectivity index (χ1) is 6.61. The number of nitriles is 1. The summed E-state index contributed by atoms with van der Waals surface area (Å²) >= 11 is 0. The van der Waals surface area contributed by atoms with Crippen LogP contribution in [-0.2, 0) is 4.84 Å². The fourth-order valence-corrected chi connectivity index (χ4v) is 0.570. The minimum Gasteiger partial charge on any atom is -0.409 e. The van der Waals surface area contributed by atoms with Crippen molar-refractivity contribution < 1.29 is 10.0 Å². The number of amidine groups is 1. The molecule has 0 aromatic heterocycles. The van der Waals surface area contributed by atoms with Gasteiger partial charge in [-0.1, -0.05) is 24.2 Å². The first-order valence-electron chi connectivity index (χ1n) is 4.19. The zero-order chi connectivity index (χ0) is 11.0. The van der Waals surface area contributed by atoms with Crippen LogP contribution in [0.25, 0.3) is 0 Å². The molecule has 0 aliphatic carbocycles. The quantitative estimate of drug-likeness (QED) is 0.223. The Morgan fingerprint density at radius 1 is 1.64 bits per heavy atom. The number of hydrogen-bond donors (Lipinski definition) is 2. The predicted octanol–water partition coefficient (Wildman–Crippen LogP) is 0.675. The average molecular weight is 198 g/mol. The van der Waals surface area contributed by atoms with Crippen LogP contribution in [0.15, 0.2) is 10.3 Å². The van der Waals surface area contributed by atoms with Gasteiger partial charge < -0.3 is 15.8 Å². The first-order valence-corrected chi connectivity index (χ1v) is 4.19. The third kappa shape index (κ3) is 4.98. The van der Waals surface area contributed by atoms with Crippen LogP contribution in [0.1, 0.15) is 20.3 Å². The highest BCUT2D eigenvalue weighted by molar-refractivity contribution is 6.46. The molecule has 0 spiro atoms. The lowest BCUT2D eigenvalue weighted by Crippen LogP contribution is -2.22. The molecule has 14 heavy (non-hydrogen) atoms. The first kappa shape index (κ1) is 12.2. The fourth-order valence-electron chi connectivity index (χ4n) is 0.570. The Morgan fingerprint density at radius 3 is 2.71 bits per heavy atom. The molecule has 3 N–H and O–H groups in total. The van der Waals surface area contributed by atoms with Crippen molar-refractivity contribution in [3.8, 4) is 6.07 Å². The number of nitrogens with two attached hydrogens (primary N) is 1. The van der Waals surface area contributed by atoms with E-state index in [-0.39, 0.29) is 11.5 Å². The maximum absolute atomic E-state index is 8.50. The molecular formula is C8H14N4O2. The normalized spacial score (nSPS) is 12.7. The van der Waals surface area contributed by atoms with Gasteiger partial charge >= 0.3 is 0 Å². The summed E-state index contributed by atoms with van der Waals surface area (Å²) in [6, 6.07) is 1.65. The van der Waals surface area contributed by atoms with Gasteiger partial charge in [0.1, 0.15) is 12.7 Å². The number of nitrogens with zero attached hydrogens (tertiary/aromatic N) is 3. The molecule has 0 saturated heterocycles. The molecule has 0 aromatic rings. The van der Waals surface area contributed by atoms with Gasteiger partial charge in [0.15, 0.2) is 0 Å². The Morgan fingerprint density at radius 2 is 2.29 bits per heavy atom. The van der Waals surface area contributed by atoms with E-state index in [2.05, 4.69) is 10.3 Å². The van der Waals surface area contributed by atoms with Crippen LogP contribution in [0.4, 0.5) is 0 Å². The van der Waals surface area contributed by atoms with Crippen molar-refractivity contribution in [1.29, 1.82) is 5.26 Å². The van der Waals surface area contributed by atoms with Crippen molar-refractivity contribution in [2.45, 2.75) is 20.3 Å². The van der Waals surface area contributed by atoms with Gasteiger partial charge in [-0.2, -0.15) is 5.26 Å². The highest BCUT2D eigenvalue weighted by Gasteiger charge is 2.04. The lowest BCUT2D eigenvalue weighted by Gasteiger charge is -2.02. The van der Waals surface area contributed by atoms with E-state index in [1.165, 1.54) is 0 Å². The molecule has 6 heteroatoms. The summed E-state index contributed by atoms with van der Waals surface area (Å²) in [5, 5.41) is 22.8. The fraction of sp³-hybridized carbons (Fsp3) is 0.625. The molecule has 0 aliphatic heterocycles. The van der Waals surface area contributed by atoms with Gasteiger partial charge in [0.25, 0.3) is 0 Å². The molecule has 0 radical (unpaired) electrons. The Bertz CT molecular complexity index is 265. The van der Waals surface area contributed by atoms with Gasteiger partial charge in [0.05, 0.1) is 0 Å². The molecule has 0 unspecified atom stereocenters. The third-order valence-corrected chi connectivity index (χ3v) is 1.40. The van der Waals surface area contributed by atoms with E-state index >= 15 is 0 Å². The second-order valence-electron chi connectivity index (χ2n) is 3.05. The summed E-state index contributed by atoms with van der Waals surface area (Å²) in [7, 11) is 0. The Balaban J connectivity index is 4.03. The summed E-state index contributed by atoms with van der Waals surface area (Å²) in [6.45, 7) is 4.49. The maximum atomic E-state index is 8.50. The summed E-state index contributed by atoms with van der Waals surface area (Å²) in [5.74, 6) is 0.150. The Kier molecular flexibility index (Phi) is 5.87. The zero-order valence-corrected chi connectivity index (χ0v) is 8.27. The molecule has 78 valence electrons. The molecule has 0 fully saturated rings. The molecule has 0 aliphatic rings. The molecular weight excluding hydrogens is 184 g/mol. The average Bonchev–Trinajstić information content (AvgIpc) is 2.16. The molecule has 0 amide bonds. The minimum absolute atomic E-state index is 0.226. The van der Waals surface area contributed by atoms with Crippen molar-refractivity contribution in [2.24, 2.45) is 22.0 Å². The topological polar surface area (TPSA) is 104 Å². The van der Waals surface area contributed by atoms with Crippen molar-refractivity contribution in [2.75, 3.05) is 6.61 Å². The Hall–Kier alpha value is -1.77. The number of hydrogen-bond acceptors (Lipinski definition) is 5. The zero-order valence-electron chi connectivity index (χ0n) is 8.27. The van der Waals surface area contributed by atoms with Crippen LogP contribution in [-0.4, -0.2) is 23.4 Å². The van der Waals surface area contributed by atoms with Crippen molar-refractivity contribution >= 4 is 11.5 Å². The second kappa shape index (κ2) is 6.71. The number of oxime groups is 2. The molecule has 0 bridgehead atoms. The second-order valence-corrected chi connectivity index (χ2v) is 3.05. The van der Waals surface area contributed by atoms with Crippen LogP contribution >= 0.6 is 0 Å². The van der Waals surface area contributed by atoms with E-state index in [0.717, 1.165) is 6.42 Å². The molecule has 6 nitrogen and oxygen atoms in total. The SMILES string of the molecule is CC(C)CCON=C(C#N)C(N)=NO. The van der Waals surface area contributed by atoms with E-state index in [1.807, 2.05) is 13.8 Å². The molecule has 0 atom stereocenters. The Labute approximate surface area is 82.6 Å². The monoisotopic (exact) mass is 198 g/mol. The van der Waals surface area contributed by atoms with Crippen molar-refractivity contribution in [3.05, 3.63) is 0 Å². The van der Waals surface area contributed by atoms with E-state index in [9.17, 15) is 0 Å². The summed E-state index contributed by atoms with van der Waals surface area (Å²) in [4.78, 5) is 4.81. The number of rotatable bonds is 5. The van der Waals surface area contributed by atoms with Gasteiger partial charge in [-0.25, -0.2) is 0 Å². The predicted molar refractivity (Wildman–Crippen MR) is 51.9 cm³/mol. The summed E-state index contributed by atoms with van der Waals surface area (Å²) < 4.78 is 0. The maximum Gasteiger partial charge on any atom is 0.224 e.